The Morgan fingerprint density at radius 1 is 1.00 bits per heavy atom. The number of ether oxygens (including phenoxy) is 1. The van der Waals surface area contributed by atoms with Gasteiger partial charge in [-0.2, -0.15) is 4.57 Å². The zero-order valence-electron chi connectivity index (χ0n) is 17.1. The molecule has 0 saturated carbocycles. The quantitative estimate of drug-likeness (QED) is 0.484. The number of thiophene rings is 1. The van der Waals surface area contributed by atoms with Gasteiger partial charge in [0.05, 0.1) is 6.61 Å². The first-order valence-electron chi connectivity index (χ1n) is 9.52. The van der Waals surface area contributed by atoms with Crippen LogP contribution in [0.5, 0.6) is 0 Å². The molecule has 0 aliphatic carbocycles. The average molecular weight is 410 g/mol. The van der Waals surface area contributed by atoms with Crippen LogP contribution in [0.1, 0.15) is 33.3 Å². The number of nitrogens with one attached hydrogen (secondary N) is 1. The highest BCUT2D eigenvalue weighted by atomic mass is 32.1. The van der Waals surface area contributed by atoms with Crippen molar-refractivity contribution in [1.29, 1.82) is 0 Å². The summed E-state index contributed by atoms with van der Waals surface area (Å²) in [4.78, 5) is 26.3. The number of aromatic nitrogens is 1. The van der Waals surface area contributed by atoms with E-state index < -0.39 is 5.97 Å². The van der Waals surface area contributed by atoms with Crippen LogP contribution in [0.25, 0.3) is 11.1 Å². The van der Waals surface area contributed by atoms with Crippen molar-refractivity contribution in [2.75, 3.05) is 11.9 Å². The molecule has 0 spiro atoms. The summed E-state index contributed by atoms with van der Waals surface area (Å²) in [5.74, 6) is -0.619. The number of esters is 1. The van der Waals surface area contributed by atoms with Gasteiger partial charge in [0.25, 0.3) is 5.91 Å². The van der Waals surface area contributed by atoms with E-state index in [0.29, 0.717) is 10.6 Å². The maximum Gasteiger partial charge on any atom is 0.341 e. The van der Waals surface area contributed by atoms with Gasteiger partial charge in [-0.1, -0.05) is 29.8 Å². The molecule has 6 heteroatoms. The Labute approximate surface area is 175 Å². The normalized spacial score (nSPS) is 10.6. The number of aryl methyl sites for hydroxylation is 3. The van der Waals surface area contributed by atoms with E-state index in [1.54, 1.807) is 11.5 Å². The number of carbonyl (C=O) groups excluding carboxylic acids is 2. The van der Waals surface area contributed by atoms with E-state index in [0.717, 1.165) is 27.1 Å². The molecule has 29 heavy (non-hydrogen) atoms. The van der Waals surface area contributed by atoms with E-state index in [-0.39, 0.29) is 19.1 Å². The van der Waals surface area contributed by atoms with Gasteiger partial charge in [-0.3, -0.25) is 4.79 Å². The van der Waals surface area contributed by atoms with Gasteiger partial charge in [0.2, 0.25) is 6.54 Å². The summed E-state index contributed by atoms with van der Waals surface area (Å²) in [6.07, 6.45) is 3.72. The van der Waals surface area contributed by atoms with Gasteiger partial charge in [0.15, 0.2) is 12.4 Å². The average Bonchev–Trinajstić information content (AvgIpc) is 3.00. The van der Waals surface area contributed by atoms with Crippen molar-refractivity contribution in [2.45, 2.75) is 34.2 Å². The van der Waals surface area contributed by atoms with Gasteiger partial charge in [0, 0.05) is 22.6 Å². The van der Waals surface area contributed by atoms with Gasteiger partial charge in [-0.25, -0.2) is 4.79 Å². The molecule has 2 heterocycles. The standard InChI is InChI=1S/C23H24N2O3S/c1-5-28-23(27)21-20(18-8-6-15(2)7-9-18)17(4)29-22(21)24-19(26)14-25-12-10-16(3)11-13-25/h6-13H,5,14H2,1-4H3/p+1. The second-order valence-electron chi connectivity index (χ2n) is 6.92. The molecule has 1 N–H and O–H groups in total. The Kier molecular flexibility index (Phi) is 6.44. The monoisotopic (exact) mass is 409 g/mol. The van der Waals surface area contributed by atoms with Crippen LogP contribution in [-0.4, -0.2) is 18.5 Å². The van der Waals surface area contributed by atoms with Crippen molar-refractivity contribution >= 4 is 28.2 Å². The van der Waals surface area contributed by atoms with Crippen molar-refractivity contribution in [2.24, 2.45) is 0 Å². The first kappa shape index (κ1) is 20.7. The van der Waals surface area contributed by atoms with Crippen molar-refractivity contribution in [3.05, 3.63) is 70.4 Å². The molecule has 0 aliphatic rings. The summed E-state index contributed by atoms with van der Waals surface area (Å²) >= 11 is 1.39. The number of carbonyl (C=O) groups is 2. The van der Waals surface area contributed by atoms with Crippen LogP contribution >= 0.6 is 11.3 Å². The number of pyridine rings is 1. The Morgan fingerprint density at radius 3 is 2.24 bits per heavy atom. The van der Waals surface area contributed by atoms with Crippen molar-refractivity contribution in [3.8, 4) is 11.1 Å². The molecule has 1 amide bonds. The molecule has 0 saturated heterocycles. The minimum atomic E-state index is -0.425. The molecular formula is C23H25N2O3S+. The maximum absolute atomic E-state index is 12.7. The number of amides is 1. The molecule has 0 unspecified atom stereocenters. The number of hydrogen-bond acceptors (Lipinski definition) is 4. The molecule has 5 nitrogen and oxygen atoms in total. The predicted octanol–water partition coefficient (Wildman–Crippen LogP) is 4.44. The lowest BCUT2D eigenvalue weighted by Crippen LogP contribution is -2.39. The molecular weight excluding hydrogens is 384 g/mol. The first-order chi connectivity index (χ1) is 13.9. The Bertz CT molecular complexity index is 1020. The van der Waals surface area contributed by atoms with Gasteiger partial charge >= 0.3 is 5.97 Å². The predicted molar refractivity (Wildman–Crippen MR) is 115 cm³/mol. The summed E-state index contributed by atoms with van der Waals surface area (Å²) in [5.41, 5.74) is 4.43. The number of nitrogens with zero attached hydrogens (tertiary/aromatic N) is 1. The van der Waals surface area contributed by atoms with Gasteiger partial charge in [-0.05, 0) is 38.8 Å². The van der Waals surface area contributed by atoms with E-state index in [4.69, 9.17) is 4.74 Å². The Hall–Kier alpha value is -2.99. The van der Waals surface area contributed by atoms with Crippen LogP contribution in [0.3, 0.4) is 0 Å². The van der Waals surface area contributed by atoms with Crippen LogP contribution in [0, 0.1) is 20.8 Å². The molecule has 0 aliphatic heterocycles. The van der Waals surface area contributed by atoms with Gasteiger partial charge in [0.1, 0.15) is 10.6 Å². The first-order valence-corrected chi connectivity index (χ1v) is 10.3. The lowest BCUT2D eigenvalue weighted by atomic mass is 10.0. The van der Waals surface area contributed by atoms with Crippen LogP contribution in [0.15, 0.2) is 48.8 Å². The van der Waals surface area contributed by atoms with E-state index in [2.05, 4.69) is 5.32 Å². The Morgan fingerprint density at radius 2 is 1.62 bits per heavy atom. The fourth-order valence-corrected chi connectivity index (χ4v) is 4.15. The fraction of sp³-hybridized carbons (Fsp3) is 0.261. The molecule has 2 aromatic heterocycles. The van der Waals surface area contributed by atoms with Crippen LogP contribution in [-0.2, 0) is 16.1 Å². The minimum absolute atomic E-state index is 0.166. The third-order valence-electron chi connectivity index (χ3n) is 4.54. The van der Waals surface area contributed by atoms with Crippen LogP contribution in [0.4, 0.5) is 5.00 Å². The molecule has 0 fully saturated rings. The van der Waals surface area contributed by atoms with Gasteiger partial charge < -0.3 is 10.1 Å². The maximum atomic E-state index is 12.7. The van der Waals surface area contributed by atoms with E-state index in [1.807, 2.05) is 69.6 Å². The highest BCUT2D eigenvalue weighted by Gasteiger charge is 2.26. The molecule has 0 atom stereocenters. The van der Waals surface area contributed by atoms with Gasteiger partial charge in [-0.15, -0.1) is 11.3 Å². The SMILES string of the molecule is CCOC(=O)c1c(NC(=O)C[n+]2ccc(C)cc2)sc(C)c1-c1ccc(C)cc1. The summed E-state index contributed by atoms with van der Waals surface area (Å²) in [6.45, 7) is 8.18. The number of anilines is 1. The third-order valence-corrected chi connectivity index (χ3v) is 5.56. The number of benzene rings is 1. The minimum Gasteiger partial charge on any atom is -0.462 e. The third kappa shape index (κ3) is 4.90. The van der Waals surface area contributed by atoms with Crippen LogP contribution < -0.4 is 9.88 Å². The van der Waals surface area contributed by atoms with Crippen molar-refractivity contribution < 1.29 is 18.9 Å². The zero-order valence-corrected chi connectivity index (χ0v) is 17.9. The van der Waals surface area contributed by atoms with Crippen molar-refractivity contribution in [3.63, 3.8) is 0 Å². The lowest BCUT2D eigenvalue weighted by molar-refractivity contribution is -0.684. The molecule has 0 radical (unpaired) electrons. The van der Waals surface area contributed by atoms with Crippen LogP contribution in [0.2, 0.25) is 0 Å². The largest absolute Gasteiger partial charge is 0.462 e. The molecule has 150 valence electrons. The second kappa shape index (κ2) is 9.01. The highest BCUT2D eigenvalue weighted by Crippen LogP contribution is 2.40. The van der Waals surface area contributed by atoms with Crippen molar-refractivity contribution in [1.82, 2.24) is 0 Å². The summed E-state index contributed by atoms with van der Waals surface area (Å²) < 4.78 is 7.09. The number of hydrogen-bond donors (Lipinski definition) is 1. The number of rotatable bonds is 6. The van der Waals surface area contributed by atoms with E-state index in [9.17, 15) is 9.59 Å². The molecule has 1 aromatic carbocycles. The Balaban J connectivity index is 1.94. The summed E-state index contributed by atoms with van der Waals surface area (Å²) in [5, 5.41) is 3.44. The zero-order chi connectivity index (χ0) is 21.0. The molecule has 3 aromatic rings. The fourth-order valence-electron chi connectivity index (χ4n) is 3.07. The second-order valence-corrected chi connectivity index (χ2v) is 8.14. The lowest BCUT2D eigenvalue weighted by Gasteiger charge is -2.09. The van der Waals surface area contributed by atoms with E-state index in [1.165, 1.54) is 11.3 Å². The highest BCUT2D eigenvalue weighted by molar-refractivity contribution is 7.17. The molecule has 0 bridgehead atoms. The topological polar surface area (TPSA) is 59.3 Å². The summed E-state index contributed by atoms with van der Waals surface area (Å²) in [7, 11) is 0. The molecule has 3 rings (SSSR count). The van der Waals surface area contributed by atoms with E-state index >= 15 is 0 Å². The smallest absolute Gasteiger partial charge is 0.341 e. The summed E-state index contributed by atoms with van der Waals surface area (Å²) in [6, 6.07) is 11.9.